The summed E-state index contributed by atoms with van der Waals surface area (Å²) in [4.78, 5) is 14.9. The Bertz CT molecular complexity index is 706. The van der Waals surface area contributed by atoms with Crippen LogP contribution in [0.25, 0.3) is 0 Å². The van der Waals surface area contributed by atoms with E-state index >= 15 is 0 Å². The number of nitrogens with zero attached hydrogens (tertiary/aromatic N) is 2. The first-order chi connectivity index (χ1) is 12.0. The van der Waals surface area contributed by atoms with Gasteiger partial charge in [0.2, 0.25) is 10.0 Å². The Labute approximate surface area is 150 Å². The van der Waals surface area contributed by atoms with Gasteiger partial charge in [0.15, 0.2) is 0 Å². The molecule has 1 aromatic rings. The predicted octanol–water partition coefficient (Wildman–Crippen LogP) is 1.69. The molecule has 1 aromatic carbocycles. The van der Waals surface area contributed by atoms with E-state index in [-0.39, 0.29) is 16.8 Å². The molecule has 0 aromatic heterocycles. The molecule has 2 fully saturated rings. The van der Waals surface area contributed by atoms with Crippen molar-refractivity contribution in [3.63, 3.8) is 0 Å². The van der Waals surface area contributed by atoms with E-state index in [0.29, 0.717) is 18.7 Å². The van der Waals surface area contributed by atoms with E-state index in [1.165, 1.54) is 10.4 Å². The molecule has 1 aliphatic carbocycles. The minimum atomic E-state index is -3.55. The van der Waals surface area contributed by atoms with E-state index in [4.69, 9.17) is 0 Å². The van der Waals surface area contributed by atoms with Crippen LogP contribution in [0.4, 0.5) is 0 Å². The number of nitrogens with one attached hydrogen (secondary N) is 1. The van der Waals surface area contributed by atoms with Gasteiger partial charge in [0.1, 0.15) is 0 Å². The molecule has 0 spiro atoms. The normalized spacial score (nSPS) is 20.7. The van der Waals surface area contributed by atoms with Crippen LogP contribution in [0.1, 0.15) is 43.0 Å². The van der Waals surface area contributed by atoms with Crippen molar-refractivity contribution in [2.45, 2.75) is 43.5 Å². The Balaban J connectivity index is 1.72. The number of sulfonamides is 1. The predicted molar refractivity (Wildman–Crippen MR) is 97.0 cm³/mol. The van der Waals surface area contributed by atoms with Gasteiger partial charge in [0.05, 0.1) is 4.90 Å². The Hall–Kier alpha value is -1.44. The van der Waals surface area contributed by atoms with E-state index < -0.39 is 10.0 Å². The summed E-state index contributed by atoms with van der Waals surface area (Å²) in [5.41, 5.74) is 0.417. The largest absolute Gasteiger partial charge is 0.349 e. The van der Waals surface area contributed by atoms with Crippen molar-refractivity contribution in [1.29, 1.82) is 0 Å². The summed E-state index contributed by atoms with van der Waals surface area (Å²) in [5.74, 6) is -0.181. The van der Waals surface area contributed by atoms with Crippen LogP contribution in [0.2, 0.25) is 0 Å². The molecule has 1 heterocycles. The van der Waals surface area contributed by atoms with Gasteiger partial charge in [0, 0.05) is 37.8 Å². The van der Waals surface area contributed by atoms with Crippen molar-refractivity contribution in [3.8, 4) is 0 Å². The molecule has 2 aliphatic rings. The fraction of sp³-hybridized carbons (Fsp3) is 0.611. The van der Waals surface area contributed by atoms with Crippen molar-refractivity contribution >= 4 is 15.9 Å². The second kappa shape index (κ2) is 7.85. The highest BCUT2D eigenvalue weighted by atomic mass is 32.2. The molecule has 7 heteroatoms. The number of rotatable bonds is 5. The Morgan fingerprint density at radius 2 is 1.84 bits per heavy atom. The molecule has 0 atom stereocenters. The van der Waals surface area contributed by atoms with Crippen LogP contribution in [0, 0.1) is 0 Å². The highest BCUT2D eigenvalue weighted by Gasteiger charge is 2.28. The van der Waals surface area contributed by atoms with Gasteiger partial charge in [-0.05, 0) is 37.6 Å². The molecular formula is C18H27N3O3S. The van der Waals surface area contributed by atoms with Crippen molar-refractivity contribution in [2.75, 3.05) is 32.7 Å². The van der Waals surface area contributed by atoms with Gasteiger partial charge in [-0.1, -0.05) is 25.8 Å². The molecule has 1 amide bonds. The van der Waals surface area contributed by atoms with E-state index in [0.717, 1.165) is 45.3 Å². The van der Waals surface area contributed by atoms with Gasteiger partial charge in [-0.15, -0.1) is 0 Å². The van der Waals surface area contributed by atoms with Crippen molar-refractivity contribution in [1.82, 2.24) is 14.5 Å². The number of carbonyl (C=O) groups is 1. The Kier molecular flexibility index (Phi) is 5.76. The highest BCUT2D eigenvalue weighted by Crippen LogP contribution is 2.21. The average molecular weight is 365 g/mol. The first kappa shape index (κ1) is 18.4. The quantitative estimate of drug-likeness (QED) is 0.862. The maximum atomic E-state index is 12.9. The number of amides is 1. The minimum absolute atomic E-state index is 0.181. The van der Waals surface area contributed by atoms with Gasteiger partial charge in [-0.3, -0.25) is 4.79 Å². The van der Waals surface area contributed by atoms with Crippen LogP contribution in [-0.4, -0.2) is 62.3 Å². The average Bonchev–Trinajstić information content (AvgIpc) is 3.15. The smallest absolute Gasteiger partial charge is 0.251 e. The molecule has 3 rings (SSSR count). The third kappa shape index (κ3) is 4.22. The highest BCUT2D eigenvalue weighted by molar-refractivity contribution is 7.89. The maximum Gasteiger partial charge on any atom is 0.251 e. The molecule has 0 unspecified atom stereocenters. The fourth-order valence-corrected chi connectivity index (χ4v) is 5.04. The Morgan fingerprint density at radius 1 is 1.16 bits per heavy atom. The summed E-state index contributed by atoms with van der Waals surface area (Å²) in [6.45, 7) is 5.50. The van der Waals surface area contributed by atoms with Crippen molar-refractivity contribution in [3.05, 3.63) is 29.8 Å². The zero-order chi connectivity index (χ0) is 17.9. The second-order valence-electron chi connectivity index (χ2n) is 6.82. The lowest BCUT2D eigenvalue weighted by molar-refractivity contribution is 0.0937. The molecule has 1 N–H and O–H groups in total. The molecule has 6 nitrogen and oxygen atoms in total. The third-order valence-electron chi connectivity index (χ3n) is 5.20. The standard InChI is InChI=1S/C18H27N3O3S/c1-2-20-10-12-21(13-11-20)25(23,24)17-9-5-6-15(14-17)18(22)19-16-7-3-4-8-16/h5-6,9,14,16H,2-4,7-8,10-13H2,1H3,(H,19,22). The van der Waals surface area contributed by atoms with E-state index in [1.807, 2.05) is 0 Å². The SMILES string of the molecule is CCN1CCN(S(=O)(=O)c2cccc(C(=O)NC3CCCC3)c2)CC1. The lowest BCUT2D eigenvalue weighted by atomic mass is 10.2. The number of carbonyl (C=O) groups excluding carboxylic acids is 1. The van der Waals surface area contributed by atoms with Crippen LogP contribution in [-0.2, 0) is 10.0 Å². The lowest BCUT2D eigenvalue weighted by Crippen LogP contribution is -2.48. The van der Waals surface area contributed by atoms with Gasteiger partial charge >= 0.3 is 0 Å². The monoisotopic (exact) mass is 365 g/mol. The third-order valence-corrected chi connectivity index (χ3v) is 7.10. The van der Waals surface area contributed by atoms with E-state index in [1.54, 1.807) is 18.2 Å². The van der Waals surface area contributed by atoms with E-state index in [9.17, 15) is 13.2 Å². The van der Waals surface area contributed by atoms with Gasteiger partial charge in [-0.25, -0.2) is 8.42 Å². The van der Waals surface area contributed by atoms with Crippen LogP contribution >= 0.6 is 0 Å². The van der Waals surface area contributed by atoms with Gasteiger partial charge < -0.3 is 10.2 Å². The molecule has 25 heavy (non-hydrogen) atoms. The first-order valence-corrected chi connectivity index (χ1v) is 10.6. The van der Waals surface area contributed by atoms with Crippen LogP contribution in [0.5, 0.6) is 0 Å². The number of hydrogen-bond acceptors (Lipinski definition) is 4. The van der Waals surface area contributed by atoms with Crippen molar-refractivity contribution in [2.24, 2.45) is 0 Å². The topological polar surface area (TPSA) is 69.7 Å². The lowest BCUT2D eigenvalue weighted by Gasteiger charge is -2.33. The summed E-state index contributed by atoms with van der Waals surface area (Å²) in [7, 11) is -3.55. The number of likely N-dealkylation sites (N-methyl/N-ethyl adjacent to an activating group) is 1. The molecule has 1 saturated heterocycles. The van der Waals surface area contributed by atoms with Crippen molar-refractivity contribution < 1.29 is 13.2 Å². The summed E-state index contributed by atoms with van der Waals surface area (Å²) < 4.78 is 27.3. The number of piperazine rings is 1. The zero-order valence-electron chi connectivity index (χ0n) is 14.8. The summed E-state index contributed by atoms with van der Waals surface area (Å²) in [6, 6.07) is 6.63. The molecular weight excluding hydrogens is 338 g/mol. The summed E-state index contributed by atoms with van der Waals surface area (Å²) in [6.07, 6.45) is 4.29. The van der Waals surface area contributed by atoms with Crippen LogP contribution < -0.4 is 5.32 Å². The molecule has 0 radical (unpaired) electrons. The number of hydrogen-bond donors (Lipinski definition) is 1. The number of benzene rings is 1. The molecule has 1 saturated carbocycles. The molecule has 1 aliphatic heterocycles. The van der Waals surface area contributed by atoms with Crippen LogP contribution in [0.15, 0.2) is 29.2 Å². The van der Waals surface area contributed by atoms with E-state index in [2.05, 4.69) is 17.1 Å². The van der Waals surface area contributed by atoms with Gasteiger partial charge in [0.25, 0.3) is 5.91 Å². The summed E-state index contributed by atoms with van der Waals surface area (Å²) >= 11 is 0. The maximum absolute atomic E-state index is 12.9. The minimum Gasteiger partial charge on any atom is -0.349 e. The molecule has 138 valence electrons. The summed E-state index contributed by atoms with van der Waals surface area (Å²) in [5, 5.41) is 3.01. The van der Waals surface area contributed by atoms with Crippen LogP contribution in [0.3, 0.4) is 0 Å². The Morgan fingerprint density at radius 3 is 2.48 bits per heavy atom. The molecule has 0 bridgehead atoms. The van der Waals surface area contributed by atoms with Gasteiger partial charge in [-0.2, -0.15) is 4.31 Å². The fourth-order valence-electron chi connectivity index (χ4n) is 3.57. The zero-order valence-corrected chi connectivity index (χ0v) is 15.6. The second-order valence-corrected chi connectivity index (χ2v) is 8.76. The first-order valence-electron chi connectivity index (χ1n) is 9.14.